The summed E-state index contributed by atoms with van der Waals surface area (Å²) in [5, 5.41) is 7.08. The topological polar surface area (TPSA) is 64.0 Å². The molecule has 1 aromatic heterocycles. The zero-order valence-corrected chi connectivity index (χ0v) is 13.5. The third kappa shape index (κ3) is 3.82. The van der Waals surface area contributed by atoms with E-state index < -0.39 is 0 Å². The molecule has 0 atom stereocenters. The molecule has 2 aromatic rings. The van der Waals surface area contributed by atoms with E-state index in [1.807, 2.05) is 24.3 Å². The van der Waals surface area contributed by atoms with E-state index in [9.17, 15) is 9.59 Å². The minimum Gasteiger partial charge on any atom is -0.350 e. The number of benzene rings is 1. The average molecular weight is 362 g/mol. The van der Waals surface area contributed by atoms with E-state index >= 15 is 0 Å². The van der Waals surface area contributed by atoms with Crippen LogP contribution in [-0.4, -0.2) is 15.7 Å². The largest absolute Gasteiger partial charge is 0.350 e. The Balaban J connectivity index is 1.60. The maximum absolute atomic E-state index is 12.0. The second-order valence-corrected chi connectivity index (χ2v) is 6.35. The monoisotopic (exact) mass is 361 g/mol. The van der Waals surface area contributed by atoms with Crippen LogP contribution in [-0.2, 0) is 17.9 Å². The van der Waals surface area contributed by atoms with Crippen molar-refractivity contribution in [3.63, 3.8) is 0 Å². The van der Waals surface area contributed by atoms with Crippen molar-refractivity contribution in [2.24, 2.45) is 0 Å². The normalized spacial score (nSPS) is 13.9. The van der Waals surface area contributed by atoms with E-state index in [0.717, 1.165) is 28.6 Å². The molecule has 1 amide bonds. The van der Waals surface area contributed by atoms with E-state index in [2.05, 4.69) is 26.3 Å². The first-order valence-corrected chi connectivity index (χ1v) is 8.00. The third-order valence-electron chi connectivity index (χ3n) is 3.58. The number of carbonyl (C=O) groups is 1. The number of carbonyl (C=O) groups excluding carboxylic acids is 1. The summed E-state index contributed by atoms with van der Waals surface area (Å²) in [4.78, 5) is 23.8. The van der Waals surface area contributed by atoms with Crippen molar-refractivity contribution in [1.82, 2.24) is 15.1 Å². The zero-order valence-electron chi connectivity index (χ0n) is 12.0. The Kier molecular flexibility index (Phi) is 4.38. The molecule has 0 unspecified atom stereocenters. The van der Waals surface area contributed by atoms with Gasteiger partial charge in [-0.2, -0.15) is 5.10 Å². The molecule has 0 bridgehead atoms. The summed E-state index contributed by atoms with van der Waals surface area (Å²) in [7, 11) is 0. The van der Waals surface area contributed by atoms with Crippen LogP contribution >= 0.6 is 15.9 Å². The Bertz CT molecular complexity index is 736. The quantitative estimate of drug-likeness (QED) is 0.887. The molecule has 0 saturated heterocycles. The van der Waals surface area contributed by atoms with Crippen molar-refractivity contribution < 1.29 is 4.79 Å². The van der Waals surface area contributed by atoms with Crippen molar-refractivity contribution in [3.8, 4) is 0 Å². The lowest BCUT2D eigenvalue weighted by Gasteiger charge is -2.08. The highest BCUT2D eigenvalue weighted by Gasteiger charge is 2.25. The summed E-state index contributed by atoms with van der Waals surface area (Å²) < 4.78 is 2.24. The molecule has 0 spiro atoms. The molecule has 1 saturated carbocycles. The second-order valence-electron chi connectivity index (χ2n) is 5.43. The molecule has 1 N–H and O–H groups in total. The molecule has 6 heteroatoms. The number of aromatic nitrogens is 2. The van der Waals surface area contributed by atoms with Crippen molar-refractivity contribution in [3.05, 3.63) is 62.5 Å². The fourth-order valence-corrected chi connectivity index (χ4v) is 2.43. The average Bonchev–Trinajstić information content (AvgIpc) is 3.34. The lowest BCUT2D eigenvalue weighted by molar-refractivity contribution is -0.122. The number of nitrogens with zero attached hydrogens (tertiary/aromatic N) is 2. The van der Waals surface area contributed by atoms with E-state index in [-0.39, 0.29) is 18.0 Å². The second kappa shape index (κ2) is 6.44. The molecule has 1 aliphatic rings. The first-order valence-electron chi connectivity index (χ1n) is 7.21. The highest BCUT2D eigenvalue weighted by atomic mass is 79.9. The van der Waals surface area contributed by atoms with Gasteiger partial charge in [0.2, 0.25) is 5.91 Å². The molecular formula is C16H16BrN3O2. The molecule has 1 aromatic carbocycles. The molecule has 1 heterocycles. The van der Waals surface area contributed by atoms with Gasteiger partial charge in [0.1, 0.15) is 6.54 Å². The Morgan fingerprint density at radius 3 is 2.64 bits per heavy atom. The summed E-state index contributed by atoms with van der Waals surface area (Å²) in [6, 6.07) is 11.0. The van der Waals surface area contributed by atoms with Gasteiger partial charge in [0.25, 0.3) is 5.56 Å². The van der Waals surface area contributed by atoms with E-state index in [1.54, 1.807) is 6.07 Å². The Labute approximate surface area is 136 Å². The van der Waals surface area contributed by atoms with Crippen molar-refractivity contribution >= 4 is 21.8 Å². The smallest absolute Gasteiger partial charge is 0.267 e. The van der Waals surface area contributed by atoms with Crippen LogP contribution in [0.15, 0.2) is 45.7 Å². The molecule has 5 nitrogen and oxygen atoms in total. The van der Waals surface area contributed by atoms with Crippen LogP contribution in [0.4, 0.5) is 0 Å². The van der Waals surface area contributed by atoms with E-state index in [0.29, 0.717) is 12.5 Å². The Morgan fingerprint density at radius 1 is 1.23 bits per heavy atom. The van der Waals surface area contributed by atoms with Gasteiger partial charge in [0, 0.05) is 23.0 Å². The molecule has 3 rings (SSSR count). The molecular weight excluding hydrogens is 346 g/mol. The number of amides is 1. The van der Waals surface area contributed by atoms with Gasteiger partial charge in [0.15, 0.2) is 0 Å². The standard InChI is InChI=1S/C16H16BrN3O2/c17-13-5-1-11(2-6-13)9-18-15(21)10-20-16(22)8-7-14(19-20)12-3-4-12/h1-2,5-8,12H,3-4,9-10H2,(H,18,21). The van der Waals surface area contributed by atoms with Crippen LogP contribution in [0.3, 0.4) is 0 Å². The predicted octanol–water partition coefficient (Wildman–Crippen LogP) is 2.20. The van der Waals surface area contributed by atoms with Gasteiger partial charge in [-0.05, 0) is 36.6 Å². The minimum atomic E-state index is -0.247. The van der Waals surface area contributed by atoms with Crippen LogP contribution in [0.2, 0.25) is 0 Å². The molecule has 1 fully saturated rings. The van der Waals surface area contributed by atoms with Crippen LogP contribution in [0.1, 0.15) is 30.0 Å². The highest BCUT2D eigenvalue weighted by molar-refractivity contribution is 9.10. The number of rotatable bonds is 5. The Morgan fingerprint density at radius 2 is 1.95 bits per heavy atom. The maximum atomic E-state index is 12.0. The van der Waals surface area contributed by atoms with Crippen molar-refractivity contribution in [1.29, 1.82) is 0 Å². The lowest BCUT2D eigenvalue weighted by Crippen LogP contribution is -2.33. The van der Waals surface area contributed by atoms with Crippen molar-refractivity contribution in [2.45, 2.75) is 31.8 Å². The summed E-state index contributed by atoms with van der Waals surface area (Å²) in [6.07, 6.45) is 2.22. The van der Waals surface area contributed by atoms with E-state index in [1.165, 1.54) is 10.7 Å². The van der Waals surface area contributed by atoms with Gasteiger partial charge >= 0.3 is 0 Å². The highest BCUT2D eigenvalue weighted by Crippen LogP contribution is 2.38. The van der Waals surface area contributed by atoms with Crippen LogP contribution in [0.25, 0.3) is 0 Å². The minimum absolute atomic E-state index is 0.0457. The van der Waals surface area contributed by atoms with Gasteiger partial charge in [-0.3, -0.25) is 9.59 Å². The summed E-state index contributed by atoms with van der Waals surface area (Å²) in [5.74, 6) is 0.239. The van der Waals surface area contributed by atoms with Crippen LogP contribution < -0.4 is 10.9 Å². The molecule has 22 heavy (non-hydrogen) atoms. The van der Waals surface area contributed by atoms with Gasteiger partial charge in [0.05, 0.1) is 5.69 Å². The molecule has 0 radical (unpaired) electrons. The van der Waals surface area contributed by atoms with Crippen LogP contribution in [0, 0.1) is 0 Å². The summed E-state index contributed by atoms with van der Waals surface area (Å²) in [6.45, 7) is 0.388. The SMILES string of the molecule is O=C(Cn1nc(C2CC2)ccc1=O)NCc1ccc(Br)cc1. The Hall–Kier alpha value is -1.95. The molecule has 114 valence electrons. The maximum Gasteiger partial charge on any atom is 0.267 e. The van der Waals surface area contributed by atoms with Gasteiger partial charge < -0.3 is 5.32 Å². The fourth-order valence-electron chi connectivity index (χ4n) is 2.17. The van der Waals surface area contributed by atoms with Gasteiger partial charge in [-0.1, -0.05) is 28.1 Å². The number of halogens is 1. The summed E-state index contributed by atoms with van der Waals surface area (Å²) >= 11 is 3.37. The predicted molar refractivity (Wildman–Crippen MR) is 86.5 cm³/mol. The van der Waals surface area contributed by atoms with Crippen LogP contribution in [0.5, 0.6) is 0 Å². The van der Waals surface area contributed by atoms with Crippen molar-refractivity contribution in [2.75, 3.05) is 0 Å². The summed E-state index contributed by atoms with van der Waals surface area (Å²) in [5.41, 5.74) is 1.66. The third-order valence-corrected chi connectivity index (χ3v) is 4.11. The first-order chi connectivity index (χ1) is 10.6. The number of hydrogen-bond acceptors (Lipinski definition) is 3. The first kappa shape index (κ1) is 15.0. The zero-order chi connectivity index (χ0) is 15.5. The number of hydrogen-bond donors (Lipinski definition) is 1. The van der Waals surface area contributed by atoms with Gasteiger partial charge in [-0.25, -0.2) is 4.68 Å². The fraction of sp³-hybridized carbons (Fsp3) is 0.312. The number of nitrogens with one attached hydrogen (secondary N) is 1. The van der Waals surface area contributed by atoms with Gasteiger partial charge in [-0.15, -0.1) is 0 Å². The molecule has 1 aliphatic carbocycles. The lowest BCUT2D eigenvalue weighted by atomic mass is 10.2. The molecule has 0 aliphatic heterocycles. The van der Waals surface area contributed by atoms with E-state index in [4.69, 9.17) is 0 Å².